The van der Waals surface area contributed by atoms with Gasteiger partial charge >= 0.3 is 0 Å². The first-order valence-electron chi connectivity index (χ1n) is 8.50. The predicted molar refractivity (Wildman–Crippen MR) is 104 cm³/mol. The van der Waals surface area contributed by atoms with Crippen molar-refractivity contribution in [1.82, 2.24) is 0 Å². The van der Waals surface area contributed by atoms with Gasteiger partial charge in [-0.2, -0.15) is 0 Å². The standard InChI is InChI=1S/C19H21ClN2O3S/c1-13(2)19(23)22-10-4-5-14-8-9-16(12-18(14)22)21-26(24,25)17-7-3-6-15(20)11-17/h3,6-9,11-13,21H,4-5,10H2,1-2H3. The molecule has 0 bridgehead atoms. The Balaban J connectivity index is 1.93. The minimum atomic E-state index is -3.75. The normalized spacial score (nSPS) is 14.2. The van der Waals surface area contributed by atoms with E-state index in [4.69, 9.17) is 11.6 Å². The lowest BCUT2D eigenvalue weighted by atomic mass is 9.99. The zero-order valence-corrected chi connectivity index (χ0v) is 16.3. The van der Waals surface area contributed by atoms with Gasteiger partial charge in [-0.25, -0.2) is 8.42 Å². The Hall–Kier alpha value is -2.05. The average molecular weight is 393 g/mol. The van der Waals surface area contributed by atoms with Crippen molar-refractivity contribution in [3.8, 4) is 0 Å². The van der Waals surface area contributed by atoms with Gasteiger partial charge in [0.25, 0.3) is 10.0 Å². The highest BCUT2D eigenvalue weighted by molar-refractivity contribution is 7.92. The number of halogens is 1. The highest BCUT2D eigenvalue weighted by atomic mass is 35.5. The quantitative estimate of drug-likeness (QED) is 0.852. The summed E-state index contributed by atoms with van der Waals surface area (Å²) >= 11 is 5.90. The number of nitrogens with one attached hydrogen (secondary N) is 1. The number of amides is 1. The second-order valence-electron chi connectivity index (χ2n) is 6.65. The van der Waals surface area contributed by atoms with Gasteiger partial charge in [0.15, 0.2) is 0 Å². The molecule has 1 amide bonds. The lowest BCUT2D eigenvalue weighted by Gasteiger charge is -2.31. The van der Waals surface area contributed by atoms with E-state index in [9.17, 15) is 13.2 Å². The Bertz CT molecular complexity index is 942. The van der Waals surface area contributed by atoms with Crippen molar-refractivity contribution in [2.24, 2.45) is 5.92 Å². The van der Waals surface area contributed by atoms with Gasteiger partial charge in [0, 0.05) is 23.2 Å². The molecular formula is C19H21ClN2O3S. The molecule has 0 saturated heterocycles. The molecule has 3 rings (SSSR count). The second-order valence-corrected chi connectivity index (χ2v) is 8.77. The average Bonchev–Trinajstić information content (AvgIpc) is 2.60. The Morgan fingerprint density at radius 2 is 1.96 bits per heavy atom. The Morgan fingerprint density at radius 3 is 2.65 bits per heavy atom. The van der Waals surface area contributed by atoms with Crippen molar-refractivity contribution in [1.29, 1.82) is 0 Å². The predicted octanol–water partition coefficient (Wildman–Crippen LogP) is 4.08. The van der Waals surface area contributed by atoms with Crippen LogP contribution in [0.1, 0.15) is 25.8 Å². The number of aryl methyl sites for hydroxylation is 1. The van der Waals surface area contributed by atoms with Crippen molar-refractivity contribution >= 4 is 38.9 Å². The third kappa shape index (κ3) is 3.86. The minimum absolute atomic E-state index is 0.0424. The van der Waals surface area contributed by atoms with Crippen LogP contribution in [0, 0.1) is 5.92 Å². The lowest BCUT2D eigenvalue weighted by Crippen LogP contribution is -2.38. The number of sulfonamides is 1. The van der Waals surface area contributed by atoms with Crippen LogP contribution >= 0.6 is 11.6 Å². The highest BCUT2D eigenvalue weighted by Gasteiger charge is 2.25. The molecule has 138 valence electrons. The monoisotopic (exact) mass is 392 g/mol. The van der Waals surface area contributed by atoms with Crippen LogP contribution in [-0.2, 0) is 21.2 Å². The van der Waals surface area contributed by atoms with Crippen LogP contribution in [0.3, 0.4) is 0 Å². The molecule has 2 aromatic carbocycles. The van der Waals surface area contributed by atoms with Gasteiger partial charge < -0.3 is 4.90 Å². The molecule has 0 unspecified atom stereocenters. The first-order valence-corrected chi connectivity index (χ1v) is 10.4. The van der Waals surface area contributed by atoms with E-state index < -0.39 is 10.0 Å². The fourth-order valence-electron chi connectivity index (χ4n) is 3.03. The number of hydrogen-bond acceptors (Lipinski definition) is 3. The first kappa shape index (κ1) is 18.7. The molecule has 0 radical (unpaired) electrons. The number of nitrogens with zero attached hydrogens (tertiary/aromatic N) is 1. The molecule has 0 fully saturated rings. The van der Waals surface area contributed by atoms with Crippen LogP contribution in [0.4, 0.5) is 11.4 Å². The zero-order valence-electron chi connectivity index (χ0n) is 14.7. The lowest BCUT2D eigenvalue weighted by molar-refractivity contribution is -0.121. The van der Waals surface area contributed by atoms with E-state index in [1.807, 2.05) is 19.9 Å². The van der Waals surface area contributed by atoms with Gasteiger partial charge in [0.05, 0.1) is 10.6 Å². The molecule has 0 saturated carbocycles. The summed E-state index contributed by atoms with van der Waals surface area (Å²) in [5, 5.41) is 0.354. The van der Waals surface area contributed by atoms with Gasteiger partial charge in [-0.05, 0) is 48.7 Å². The summed E-state index contributed by atoms with van der Waals surface area (Å²) in [5.41, 5.74) is 2.25. The van der Waals surface area contributed by atoms with Crippen LogP contribution in [0.2, 0.25) is 5.02 Å². The number of hydrogen-bond donors (Lipinski definition) is 1. The van der Waals surface area contributed by atoms with E-state index in [1.165, 1.54) is 12.1 Å². The molecule has 0 spiro atoms. The van der Waals surface area contributed by atoms with Crippen LogP contribution in [0.5, 0.6) is 0 Å². The topological polar surface area (TPSA) is 66.5 Å². The summed E-state index contributed by atoms with van der Waals surface area (Å²) in [6.45, 7) is 4.37. The molecule has 1 aliphatic rings. The van der Waals surface area contributed by atoms with Gasteiger partial charge in [-0.1, -0.05) is 37.6 Å². The zero-order chi connectivity index (χ0) is 18.9. The maximum absolute atomic E-state index is 12.6. The van der Waals surface area contributed by atoms with Crippen LogP contribution in [-0.4, -0.2) is 20.9 Å². The third-order valence-corrected chi connectivity index (χ3v) is 5.94. The summed E-state index contributed by atoms with van der Waals surface area (Å²) in [6, 6.07) is 11.4. The van der Waals surface area contributed by atoms with E-state index in [1.54, 1.807) is 29.2 Å². The minimum Gasteiger partial charge on any atom is -0.312 e. The summed E-state index contributed by atoms with van der Waals surface area (Å²) < 4.78 is 27.8. The van der Waals surface area contributed by atoms with Crippen molar-refractivity contribution in [2.45, 2.75) is 31.6 Å². The Morgan fingerprint density at radius 1 is 1.19 bits per heavy atom. The summed E-state index contributed by atoms with van der Waals surface area (Å²) in [6.07, 6.45) is 1.78. The molecule has 5 nitrogen and oxygen atoms in total. The molecule has 7 heteroatoms. The van der Waals surface area contributed by atoms with Gasteiger partial charge in [-0.3, -0.25) is 9.52 Å². The summed E-state index contributed by atoms with van der Waals surface area (Å²) in [7, 11) is -3.75. The number of anilines is 2. The van der Waals surface area contributed by atoms with E-state index in [0.29, 0.717) is 17.3 Å². The van der Waals surface area contributed by atoms with Crippen LogP contribution in [0.15, 0.2) is 47.4 Å². The number of carbonyl (C=O) groups is 1. The van der Waals surface area contributed by atoms with E-state index in [-0.39, 0.29) is 16.7 Å². The van der Waals surface area contributed by atoms with E-state index >= 15 is 0 Å². The number of carbonyl (C=O) groups excluding carboxylic acids is 1. The SMILES string of the molecule is CC(C)C(=O)N1CCCc2ccc(NS(=O)(=O)c3cccc(Cl)c3)cc21. The second kappa shape index (κ2) is 7.29. The largest absolute Gasteiger partial charge is 0.312 e. The molecule has 1 heterocycles. The smallest absolute Gasteiger partial charge is 0.261 e. The molecule has 0 aromatic heterocycles. The van der Waals surface area contributed by atoms with Crippen LogP contribution in [0.25, 0.3) is 0 Å². The highest BCUT2D eigenvalue weighted by Crippen LogP contribution is 2.32. The maximum atomic E-state index is 12.6. The van der Waals surface area contributed by atoms with Crippen molar-refractivity contribution < 1.29 is 13.2 Å². The molecule has 0 atom stereocenters. The molecule has 1 aliphatic heterocycles. The fraction of sp³-hybridized carbons (Fsp3) is 0.316. The molecule has 2 aromatic rings. The first-order chi connectivity index (χ1) is 12.3. The van der Waals surface area contributed by atoms with E-state index in [0.717, 1.165) is 24.1 Å². The molecule has 0 aliphatic carbocycles. The molecular weight excluding hydrogens is 372 g/mol. The number of rotatable bonds is 4. The van der Waals surface area contributed by atoms with Crippen LogP contribution < -0.4 is 9.62 Å². The van der Waals surface area contributed by atoms with Gasteiger partial charge in [0.2, 0.25) is 5.91 Å². The van der Waals surface area contributed by atoms with Crippen molar-refractivity contribution in [3.63, 3.8) is 0 Å². The number of benzene rings is 2. The molecule has 1 N–H and O–H groups in total. The van der Waals surface area contributed by atoms with Crippen molar-refractivity contribution in [3.05, 3.63) is 53.1 Å². The number of fused-ring (bicyclic) bond motifs is 1. The van der Waals surface area contributed by atoms with Gasteiger partial charge in [0.1, 0.15) is 0 Å². The summed E-state index contributed by atoms with van der Waals surface area (Å²) in [4.78, 5) is 14.3. The van der Waals surface area contributed by atoms with E-state index in [2.05, 4.69) is 4.72 Å². The Labute approximate surface area is 159 Å². The van der Waals surface area contributed by atoms with Gasteiger partial charge in [-0.15, -0.1) is 0 Å². The summed E-state index contributed by atoms with van der Waals surface area (Å²) in [5.74, 6) is -0.0754. The molecule has 26 heavy (non-hydrogen) atoms. The fourth-order valence-corrected chi connectivity index (χ4v) is 4.38. The maximum Gasteiger partial charge on any atom is 0.261 e. The third-order valence-electron chi connectivity index (χ3n) is 4.32. The Kier molecular flexibility index (Phi) is 5.25. The van der Waals surface area contributed by atoms with Crippen molar-refractivity contribution in [2.75, 3.05) is 16.2 Å².